The summed E-state index contributed by atoms with van der Waals surface area (Å²) in [7, 11) is -8.59. The van der Waals surface area contributed by atoms with E-state index in [9.17, 15) is 19.4 Å². The van der Waals surface area contributed by atoms with Crippen LogP contribution < -0.4 is 10.5 Å². The van der Waals surface area contributed by atoms with Crippen molar-refractivity contribution in [2.24, 2.45) is 5.73 Å². The lowest BCUT2D eigenvalue weighted by Gasteiger charge is -2.44. The quantitative estimate of drug-likeness (QED) is 0.641. The van der Waals surface area contributed by atoms with Crippen LogP contribution in [-0.2, 0) is 6.42 Å². The van der Waals surface area contributed by atoms with Crippen LogP contribution in [0.5, 0.6) is 5.75 Å². The summed E-state index contributed by atoms with van der Waals surface area (Å²) in [6, 6.07) is 0.411. The zero-order valence-electron chi connectivity index (χ0n) is 10.8. The monoisotopic (exact) mass is 335 g/mol. The third kappa shape index (κ3) is 2.46. The second-order valence-electron chi connectivity index (χ2n) is 4.61. The highest BCUT2D eigenvalue weighted by molar-refractivity contribution is 8.45. The summed E-state index contributed by atoms with van der Waals surface area (Å²) in [5, 5.41) is 0. The minimum absolute atomic E-state index is 0.140. The minimum atomic E-state index is -9.75. The summed E-state index contributed by atoms with van der Waals surface area (Å²) >= 11 is 0.676. The highest BCUT2D eigenvalue weighted by Crippen LogP contribution is 3.03. The van der Waals surface area contributed by atoms with Crippen molar-refractivity contribution in [1.82, 2.24) is 0 Å². The average Bonchev–Trinajstić information content (AvgIpc) is 2.26. The Morgan fingerprint density at radius 2 is 1.95 bits per heavy atom. The molecule has 0 spiro atoms. The molecular weight excluding hydrogens is 321 g/mol. The molecule has 2 N–H and O–H groups in total. The number of thioether (sulfide) groups is 1. The van der Waals surface area contributed by atoms with E-state index in [1.807, 2.05) is 0 Å². The van der Waals surface area contributed by atoms with Crippen molar-refractivity contribution in [3.63, 3.8) is 0 Å². The van der Waals surface area contributed by atoms with Crippen molar-refractivity contribution in [1.29, 1.82) is 0 Å². The smallest absolute Gasteiger partial charge is 0.311 e. The predicted octanol–water partition coefficient (Wildman–Crippen LogP) is 4.67. The largest absolute Gasteiger partial charge is 0.496 e. The number of ether oxygens (including phenoxy) is 1. The Morgan fingerprint density at radius 3 is 2.35 bits per heavy atom. The maximum absolute atomic E-state index is 13.1. The zero-order valence-corrected chi connectivity index (χ0v) is 12.4. The van der Waals surface area contributed by atoms with E-state index in [0.29, 0.717) is 23.4 Å². The van der Waals surface area contributed by atoms with Crippen molar-refractivity contribution >= 4 is 22.0 Å². The van der Waals surface area contributed by atoms with Crippen molar-refractivity contribution in [2.75, 3.05) is 19.9 Å². The standard InChI is InChI=1S/C11H14F5NOS2/c1-18-8-4-9(20(12,13,14,15)16)11(19-2)7-3-6(5-17)10(7)8/h4,6H,3,5,17H2,1-2H3. The van der Waals surface area contributed by atoms with Crippen LogP contribution in [0, 0.1) is 0 Å². The van der Waals surface area contributed by atoms with Gasteiger partial charge in [-0.25, -0.2) is 0 Å². The molecule has 0 fully saturated rings. The molecule has 0 radical (unpaired) electrons. The Kier molecular flexibility index (Phi) is 3.10. The van der Waals surface area contributed by atoms with E-state index in [2.05, 4.69) is 0 Å². The Balaban J connectivity index is 2.78. The van der Waals surface area contributed by atoms with Crippen LogP contribution in [0.3, 0.4) is 0 Å². The van der Waals surface area contributed by atoms with E-state index >= 15 is 0 Å². The summed E-state index contributed by atoms with van der Waals surface area (Å²) in [5.41, 5.74) is 6.31. The van der Waals surface area contributed by atoms with Crippen LogP contribution in [0.15, 0.2) is 15.9 Å². The van der Waals surface area contributed by atoms with E-state index in [1.165, 1.54) is 6.26 Å². The molecule has 1 aliphatic carbocycles. The summed E-state index contributed by atoms with van der Waals surface area (Å²) in [5.74, 6) is -0.304. The SMILES string of the molecule is COc1cc(S(F)(F)(F)(F)F)c(SC)c2c1C(CN)C2. The van der Waals surface area contributed by atoms with E-state index in [0.717, 1.165) is 7.11 Å². The molecule has 0 saturated carbocycles. The van der Waals surface area contributed by atoms with Crippen LogP contribution in [0.2, 0.25) is 0 Å². The maximum atomic E-state index is 13.1. The third-order valence-electron chi connectivity index (χ3n) is 3.33. The van der Waals surface area contributed by atoms with Gasteiger partial charge in [0.25, 0.3) is 0 Å². The summed E-state index contributed by atoms with van der Waals surface area (Å²) in [4.78, 5) is -2.27. The number of benzene rings is 1. The van der Waals surface area contributed by atoms with Crippen LogP contribution in [0.1, 0.15) is 17.0 Å². The second kappa shape index (κ2) is 3.95. The van der Waals surface area contributed by atoms with Crippen molar-refractivity contribution in [2.45, 2.75) is 22.1 Å². The maximum Gasteiger partial charge on any atom is 0.311 e. The number of methoxy groups -OCH3 is 1. The Morgan fingerprint density at radius 1 is 1.35 bits per heavy atom. The molecule has 0 bridgehead atoms. The van der Waals surface area contributed by atoms with E-state index in [-0.39, 0.29) is 30.2 Å². The van der Waals surface area contributed by atoms with Gasteiger partial charge in [-0.05, 0) is 24.8 Å². The van der Waals surface area contributed by atoms with Crippen molar-refractivity contribution in [3.05, 3.63) is 17.2 Å². The number of hydrogen-bond donors (Lipinski definition) is 1. The lowest BCUT2D eigenvalue weighted by Crippen LogP contribution is -2.27. The third-order valence-corrected chi connectivity index (χ3v) is 5.49. The van der Waals surface area contributed by atoms with E-state index < -0.39 is 20.0 Å². The predicted molar refractivity (Wildman–Crippen MR) is 71.7 cm³/mol. The fourth-order valence-corrected chi connectivity index (χ4v) is 4.66. The van der Waals surface area contributed by atoms with Crippen LogP contribution in [0.25, 0.3) is 0 Å². The van der Waals surface area contributed by atoms with Crippen LogP contribution in [-0.4, -0.2) is 19.9 Å². The van der Waals surface area contributed by atoms with Gasteiger partial charge in [-0.1, -0.05) is 19.4 Å². The Hall–Kier alpha value is -0.670. The molecular formula is C11H14F5NOS2. The van der Waals surface area contributed by atoms with E-state index in [1.54, 1.807) is 0 Å². The topological polar surface area (TPSA) is 35.2 Å². The van der Waals surface area contributed by atoms with Gasteiger partial charge in [0.2, 0.25) is 0 Å². The molecule has 2 rings (SSSR count). The molecule has 0 aromatic heterocycles. The summed E-state index contributed by atoms with van der Waals surface area (Å²) < 4.78 is 70.5. The zero-order chi connectivity index (χ0) is 15.4. The Bertz CT molecular complexity index is 572. The van der Waals surface area contributed by atoms with Crippen LogP contribution >= 0.6 is 22.0 Å². The van der Waals surface area contributed by atoms with Gasteiger partial charge in [0.1, 0.15) is 10.6 Å². The molecule has 116 valence electrons. The van der Waals surface area contributed by atoms with E-state index in [4.69, 9.17) is 10.5 Å². The summed E-state index contributed by atoms with van der Waals surface area (Å²) in [6.45, 7) is 0.243. The molecule has 20 heavy (non-hydrogen) atoms. The van der Waals surface area contributed by atoms with Crippen LogP contribution in [0.4, 0.5) is 19.4 Å². The highest BCUT2D eigenvalue weighted by atomic mass is 32.5. The lowest BCUT2D eigenvalue weighted by molar-refractivity contribution is 0.353. The molecule has 1 aromatic carbocycles. The van der Waals surface area contributed by atoms with Gasteiger partial charge in [0, 0.05) is 22.4 Å². The lowest BCUT2D eigenvalue weighted by atomic mass is 9.77. The molecule has 9 heteroatoms. The van der Waals surface area contributed by atoms with Gasteiger partial charge in [-0.15, -0.1) is 11.8 Å². The minimum Gasteiger partial charge on any atom is -0.496 e. The van der Waals surface area contributed by atoms with Gasteiger partial charge in [-0.3, -0.25) is 0 Å². The normalized spacial score (nSPS) is 21.5. The number of halogens is 5. The number of rotatable bonds is 4. The Labute approximate surface area is 117 Å². The fourth-order valence-electron chi connectivity index (χ4n) is 2.43. The first-order valence-corrected chi connectivity index (χ1v) is 8.82. The number of nitrogens with two attached hydrogens (primary N) is 1. The fraction of sp³-hybridized carbons (Fsp3) is 0.455. The van der Waals surface area contributed by atoms with Gasteiger partial charge in [-0.2, -0.15) is 0 Å². The molecule has 1 aliphatic rings. The first kappa shape index (κ1) is 15.7. The number of fused-ring (bicyclic) bond motifs is 1. The molecule has 0 aliphatic heterocycles. The number of hydrogen-bond acceptors (Lipinski definition) is 3. The molecule has 2 nitrogen and oxygen atoms in total. The molecule has 0 amide bonds. The highest BCUT2D eigenvalue weighted by Gasteiger charge is 2.67. The van der Waals surface area contributed by atoms with Gasteiger partial charge < -0.3 is 10.5 Å². The molecule has 0 saturated heterocycles. The first-order chi connectivity index (χ1) is 8.92. The molecule has 0 heterocycles. The van der Waals surface area contributed by atoms with Crippen molar-refractivity contribution < 1.29 is 24.2 Å². The van der Waals surface area contributed by atoms with Gasteiger partial charge >= 0.3 is 10.2 Å². The van der Waals surface area contributed by atoms with Gasteiger partial charge in [0.15, 0.2) is 0 Å². The second-order valence-corrected chi connectivity index (χ2v) is 7.80. The first-order valence-electron chi connectivity index (χ1n) is 5.64. The molecule has 1 aromatic rings. The molecule has 1 atom stereocenters. The average molecular weight is 335 g/mol. The molecule has 1 unspecified atom stereocenters. The van der Waals surface area contributed by atoms with Gasteiger partial charge in [0.05, 0.1) is 7.11 Å². The van der Waals surface area contributed by atoms with Crippen molar-refractivity contribution in [3.8, 4) is 5.75 Å². The summed E-state index contributed by atoms with van der Waals surface area (Å²) in [6.07, 6.45) is 1.62.